The maximum absolute atomic E-state index is 12.5. The zero-order chi connectivity index (χ0) is 15.6. The van der Waals surface area contributed by atoms with E-state index in [1.807, 2.05) is 20.9 Å². The van der Waals surface area contributed by atoms with Crippen molar-refractivity contribution in [3.63, 3.8) is 0 Å². The van der Waals surface area contributed by atoms with Crippen molar-refractivity contribution in [2.24, 2.45) is 7.05 Å². The van der Waals surface area contributed by atoms with Gasteiger partial charge in [0.05, 0.1) is 17.8 Å². The quantitative estimate of drug-likeness (QED) is 0.845. The van der Waals surface area contributed by atoms with Crippen molar-refractivity contribution in [1.29, 1.82) is 0 Å². The van der Waals surface area contributed by atoms with Gasteiger partial charge >= 0.3 is 0 Å². The van der Waals surface area contributed by atoms with E-state index in [1.54, 1.807) is 16.6 Å². The van der Waals surface area contributed by atoms with Gasteiger partial charge in [0, 0.05) is 46.0 Å². The van der Waals surface area contributed by atoms with Crippen LogP contribution >= 0.6 is 12.4 Å². The SMILES string of the molecule is Cc1nn(C)c(C)c1C(=O)N(C)CC(=O)N1CCNCC1.Cl. The molecule has 0 aromatic carbocycles. The number of hydrogen-bond acceptors (Lipinski definition) is 4. The number of aryl methyl sites for hydroxylation is 2. The first-order chi connectivity index (χ1) is 9.91. The fourth-order valence-corrected chi connectivity index (χ4v) is 2.56. The molecule has 2 amide bonds. The number of rotatable bonds is 3. The van der Waals surface area contributed by atoms with Gasteiger partial charge in [-0.05, 0) is 13.8 Å². The van der Waals surface area contributed by atoms with Gasteiger partial charge in [-0.15, -0.1) is 12.4 Å². The van der Waals surface area contributed by atoms with Crippen molar-refractivity contribution in [3.05, 3.63) is 17.0 Å². The van der Waals surface area contributed by atoms with Crippen LogP contribution in [0.15, 0.2) is 0 Å². The van der Waals surface area contributed by atoms with E-state index in [1.165, 1.54) is 4.90 Å². The summed E-state index contributed by atoms with van der Waals surface area (Å²) in [6, 6.07) is 0. The molecule has 1 aliphatic heterocycles. The Kier molecular flexibility index (Phi) is 6.37. The maximum Gasteiger partial charge on any atom is 0.257 e. The number of amides is 2. The molecule has 1 saturated heterocycles. The van der Waals surface area contributed by atoms with Crippen LogP contribution in [-0.4, -0.2) is 71.2 Å². The van der Waals surface area contributed by atoms with Crippen molar-refractivity contribution in [1.82, 2.24) is 24.9 Å². The zero-order valence-corrected chi connectivity index (χ0v) is 14.4. The van der Waals surface area contributed by atoms with Gasteiger partial charge in [0.1, 0.15) is 0 Å². The number of halogens is 1. The molecule has 8 heteroatoms. The summed E-state index contributed by atoms with van der Waals surface area (Å²) >= 11 is 0. The molecule has 0 atom stereocenters. The monoisotopic (exact) mass is 329 g/mol. The Morgan fingerprint density at radius 3 is 2.36 bits per heavy atom. The van der Waals surface area contributed by atoms with E-state index in [4.69, 9.17) is 0 Å². The average Bonchev–Trinajstić information content (AvgIpc) is 2.72. The summed E-state index contributed by atoms with van der Waals surface area (Å²) in [4.78, 5) is 28.0. The maximum atomic E-state index is 12.5. The van der Waals surface area contributed by atoms with E-state index in [9.17, 15) is 9.59 Å². The molecule has 1 N–H and O–H groups in total. The summed E-state index contributed by atoms with van der Waals surface area (Å²) in [6.45, 7) is 6.80. The lowest BCUT2D eigenvalue weighted by molar-refractivity contribution is -0.132. The lowest BCUT2D eigenvalue weighted by Crippen LogP contribution is -2.49. The molecule has 1 aromatic rings. The third-order valence-electron chi connectivity index (χ3n) is 3.91. The highest BCUT2D eigenvalue weighted by atomic mass is 35.5. The predicted molar refractivity (Wildman–Crippen MR) is 86.3 cm³/mol. The predicted octanol–water partition coefficient (Wildman–Crippen LogP) is -0.0375. The number of aromatic nitrogens is 2. The Labute approximate surface area is 137 Å². The third kappa shape index (κ3) is 3.78. The summed E-state index contributed by atoms with van der Waals surface area (Å²) in [5, 5.41) is 7.45. The van der Waals surface area contributed by atoms with Crippen LogP contribution in [0, 0.1) is 13.8 Å². The Bertz CT molecular complexity index is 552. The minimum Gasteiger partial charge on any atom is -0.339 e. The van der Waals surface area contributed by atoms with Gasteiger partial charge in [-0.2, -0.15) is 5.10 Å². The summed E-state index contributed by atoms with van der Waals surface area (Å²) in [6.07, 6.45) is 0. The van der Waals surface area contributed by atoms with Crippen LogP contribution in [0.5, 0.6) is 0 Å². The summed E-state index contributed by atoms with van der Waals surface area (Å²) in [5.41, 5.74) is 2.11. The van der Waals surface area contributed by atoms with Crippen molar-refractivity contribution in [2.45, 2.75) is 13.8 Å². The molecular formula is C14H24ClN5O2. The molecule has 1 aliphatic rings. The van der Waals surface area contributed by atoms with Gasteiger partial charge in [0.15, 0.2) is 0 Å². The van der Waals surface area contributed by atoms with Crippen LogP contribution in [0.25, 0.3) is 0 Å². The second kappa shape index (κ2) is 7.60. The molecule has 0 radical (unpaired) electrons. The second-order valence-electron chi connectivity index (χ2n) is 5.46. The summed E-state index contributed by atoms with van der Waals surface area (Å²) < 4.78 is 1.69. The number of nitrogens with one attached hydrogen (secondary N) is 1. The van der Waals surface area contributed by atoms with Crippen LogP contribution in [-0.2, 0) is 11.8 Å². The molecule has 0 spiro atoms. The Hall–Kier alpha value is -1.60. The smallest absolute Gasteiger partial charge is 0.257 e. The largest absolute Gasteiger partial charge is 0.339 e. The van der Waals surface area contributed by atoms with Gasteiger partial charge < -0.3 is 15.1 Å². The standard InChI is InChI=1S/C14H23N5O2.ClH/c1-10-13(11(2)18(4)16-10)14(21)17(3)9-12(20)19-7-5-15-6-8-19;/h15H,5-9H2,1-4H3;1H. The fraction of sp³-hybridized carbons (Fsp3) is 0.643. The van der Waals surface area contributed by atoms with E-state index >= 15 is 0 Å². The van der Waals surface area contributed by atoms with Crippen LogP contribution in [0.4, 0.5) is 0 Å². The first-order valence-electron chi connectivity index (χ1n) is 7.16. The topological polar surface area (TPSA) is 70.5 Å². The Morgan fingerprint density at radius 1 is 1.27 bits per heavy atom. The fourth-order valence-electron chi connectivity index (χ4n) is 2.56. The van der Waals surface area contributed by atoms with Crippen molar-refractivity contribution < 1.29 is 9.59 Å². The second-order valence-corrected chi connectivity index (χ2v) is 5.46. The Morgan fingerprint density at radius 2 is 1.86 bits per heavy atom. The number of likely N-dealkylation sites (N-methyl/N-ethyl adjacent to an activating group) is 1. The van der Waals surface area contributed by atoms with Gasteiger partial charge in [-0.1, -0.05) is 0 Å². The van der Waals surface area contributed by atoms with Crippen LogP contribution < -0.4 is 5.32 Å². The summed E-state index contributed by atoms with van der Waals surface area (Å²) in [7, 11) is 3.47. The molecule has 22 heavy (non-hydrogen) atoms. The molecule has 1 fully saturated rings. The average molecular weight is 330 g/mol. The normalized spacial score (nSPS) is 14.5. The number of hydrogen-bond donors (Lipinski definition) is 1. The highest BCUT2D eigenvalue weighted by Crippen LogP contribution is 2.14. The van der Waals surface area contributed by atoms with Gasteiger partial charge in [0.2, 0.25) is 5.91 Å². The lowest BCUT2D eigenvalue weighted by Gasteiger charge is -2.29. The number of nitrogens with zero attached hydrogens (tertiary/aromatic N) is 4. The number of carbonyl (C=O) groups is 2. The van der Waals surface area contributed by atoms with Crippen molar-refractivity contribution in [3.8, 4) is 0 Å². The molecular weight excluding hydrogens is 306 g/mol. The number of carbonyl (C=O) groups excluding carboxylic acids is 2. The Balaban J connectivity index is 0.00000242. The first kappa shape index (κ1) is 18.4. The van der Waals surface area contributed by atoms with E-state index in [2.05, 4.69) is 10.4 Å². The van der Waals surface area contributed by atoms with Gasteiger partial charge in [-0.25, -0.2) is 0 Å². The van der Waals surface area contributed by atoms with Crippen molar-refractivity contribution in [2.75, 3.05) is 39.8 Å². The highest BCUT2D eigenvalue weighted by Gasteiger charge is 2.24. The van der Waals surface area contributed by atoms with Crippen molar-refractivity contribution >= 4 is 24.2 Å². The minimum atomic E-state index is -0.151. The van der Waals surface area contributed by atoms with Crippen LogP contribution in [0.2, 0.25) is 0 Å². The molecule has 2 heterocycles. The first-order valence-corrected chi connectivity index (χ1v) is 7.16. The molecule has 0 bridgehead atoms. The zero-order valence-electron chi connectivity index (χ0n) is 13.5. The molecule has 0 saturated carbocycles. The number of piperazine rings is 1. The van der Waals surface area contributed by atoms with Gasteiger partial charge in [0.25, 0.3) is 5.91 Å². The molecule has 2 rings (SSSR count). The van der Waals surface area contributed by atoms with E-state index in [0.717, 1.165) is 18.8 Å². The van der Waals surface area contributed by atoms with E-state index < -0.39 is 0 Å². The third-order valence-corrected chi connectivity index (χ3v) is 3.91. The lowest BCUT2D eigenvalue weighted by atomic mass is 10.1. The van der Waals surface area contributed by atoms with Gasteiger partial charge in [-0.3, -0.25) is 14.3 Å². The van der Waals surface area contributed by atoms with E-state index in [-0.39, 0.29) is 30.8 Å². The molecule has 0 unspecified atom stereocenters. The summed E-state index contributed by atoms with van der Waals surface area (Å²) in [5.74, 6) is -0.159. The molecule has 7 nitrogen and oxygen atoms in total. The van der Waals surface area contributed by atoms with E-state index in [0.29, 0.717) is 24.3 Å². The molecule has 124 valence electrons. The highest BCUT2D eigenvalue weighted by molar-refractivity contribution is 5.98. The van der Waals surface area contributed by atoms with Crippen LogP contribution in [0.1, 0.15) is 21.7 Å². The molecule has 0 aliphatic carbocycles. The van der Waals surface area contributed by atoms with Crippen LogP contribution in [0.3, 0.4) is 0 Å². The molecule has 1 aromatic heterocycles. The minimum absolute atomic E-state index is 0.